The lowest BCUT2D eigenvalue weighted by Crippen LogP contribution is -2.50. The number of carbonyl (C=O) groups is 1. The molecule has 2 aliphatic heterocycles. The summed E-state index contributed by atoms with van der Waals surface area (Å²) in [5.74, 6) is 2.81. The molecule has 1 aliphatic carbocycles. The third kappa shape index (κ3) is 3.98. The first-order valence-corrected chi connectivity index (χ1v) is 11.5. The number of nitrogens with one attached hydrogen (secondary N) is 2. The van der Waals surface area contributed by atoms with E-state index in [9.17, 15) is 4.79 Å². The fourth-order valence-corrected chi connectivity index (χ4v) is 4.73. The molecule has 2 saturated heterocycles. The van der Waals surface area contributed by atoms with Gasteiger partial charge in [-0.3, -0.25) is 9.89 Å². The van der Waals surface area contributed by atoms with E-state index < -0.39 is 0 Å². The molecule has 4 heterocycles. The molecular weight excluding hydrogens is 394 g/mol. The van der Waals surface area contributed by atoms with E-state index in [0.717, 1.165) is 61.7 Å². The molecule has 0 aromatic carbocycles. The van der Waals surface area contributed by atoms with Crippen molar-refractivity contribution in [3.8, 4) is 0 Å². The van der Waals surface area contributed by atoms with E-state index in [1.165, 1.54) is 5.56 Å². The molecule has 0 bridgehead atoms. The summed E-state index contributed by atoms with van der Waals surface area (Å²) in [7, 11) is 0. The predicted octanol–water partition coefficient (Wildman–Crippen LogP) is 2.38. The van der Waals surface area contributed by atoms with Crippen molar-refractivity contribution >= 4 is 23.5 Å². The monoisotopic (exact) mass is 425 g/mol. The summed E-state index contributed by atoms with van der Waals surface area (Å²) in [5, 5.41) is 10.9. The standard InChI is InChI=1S/C22H31N7O2/c1-14(2)17-13-19(27-26-17)24-20-15-5-3-6-16(15)23-22(25-20)29-8-4-7-18(29)21(30)28-9-11-31-12-10-28/h13-14,18H,3-12H2,1-2H3,(H2,23,24,25,26,27)/t18-/m0/s1. The number of aromatic amines is 1. The molecule has 1 amide bonds. The Morgan fingerprint density at radius 2 is 2.03 bits per heavy atom. The predicted molar refractivity (Wildman–Crippen MR) is 118 cm³/mol. The molecule has 31 heavy (non-hydrogen) atoms. The number of morpholine rings is 1. The fourth-order valence-electron chi connectivity index (χ4n) is 4.73. The van der Waals surface area contributed by atoms with E-state index in [-0.39, 0.29) is 11.9 Å². The molecular formula is C22H31N7O2. The van der Waals surface area contributed by atoms with Gasteiger partial charge in [0.1, 0.15) is 11.9 Å². The average Bonchev–Trinajstić information content (AvgIpc) is 3.53. The van der Waals surface area contributed by atoms with Crippen molar-refractivity contribution in [2.24, 2.45) is 0 Å². The smallest absolute Gasteiger partial charge is 0.245 e. The highest BCUT2D eigenvalue weighted by atomic mass is 16.5. The number of ether oxygens (including phenoxy) is 1. The third-order valence-electron chi connectivity index (χ3n) is 6.50. The highest BCUT2D eigenvalue weighted by molar-refractivity contribution is 5.85. The Bertz CT molecular complexity index is 951. The number of aromatic nitrogens is 4. The van der Waals surface area contributed by atoms with Gasteiger partial charge in [0.05, 0.1) is 18.9 Å². The molecule has 9 heteroatoms. The minimum atomic E-state index is -0.191. The van der Waals surface area contributed by atoms with E-state index in [1.54, 1.807) is 0 Å². The van der Waals surface area contributed by atoms with Crippen LogP contribution in [0.4, 0.5) is 17.6 Å². The van der Waals surface area contributed by atoms with Gasteiger partial charge >= 0.3 is 0 Å². The molecule has 2 N–H and O–H groups in total. The van der Waals surface area contributed by atoms with Crippen LogP contribution >= 0.6 is 0 Å². The maximum absolute atomic E-state index is 13.2. The zero-order valence-electron chi connectivity index (χ0n) is 18.4. The van der Waals surface area contributed by atoms with Crippen molar-refractivity contribution in [1.29, 1.82) is 0 Å². The van der Waals surface area contributed by atoms with Gasteiger partial charge in [-0.25, -0.2) is 4.98 Å². The highest BCUT2D eigenvalue weighted by Gasteiger charge is 2.36. The van der Waals surface area contributed by atoms with Gasteiger partial charge in [-0.2, -0.15) is 10.1 Å². The van der Waals surface area contributed by atoms with Gasteiger partial charge in [-0.05, 0) is 38.0 Å². The summed E-state index contributed by atoms with van der Waals surface area (Å²) in [6.45, 7) is 7.64. The van der Waals surface area contributed by atoms with Crippen LogP contribution in [0.1, 0.15) is 56.0 Å². The summed E-state index contributed by atoms with van der Waals surface area (Å²) >= 11 is 0. The first-order valence-electron chi connectivity index (χ1n) is 11.5. The number of aryl methyl sites for hydroxylation is 1. The van der Waals surface area contributed by atoms with E-state index in [2.05, 4.69) is 34.3 Å². The summed E-state index contributed by atoms with van der Waals surface area (Å²) in [4.78, 5) is 27.0. The van der Waals surface area contributed by atoms with Crippen molar-refractivity contribution < 1.29 is 9.53 Å². The SMILES string of the molecule is CC(C)c1cc(Nc2nc(N3CCC[C@H]3C(=O)N3CCOCC3)nc3c2CCC3)n[nH]1. The Morgan fingerprint density at radius 3 is 2.81 bits per heavy atom. The quantitative estimate of drug-likeness (QED) is 0.759. The van der Waals surface area contributed by atoms with Crippen LogP contribution in [-0.2, 0) is 22.4 Å². The van der Waals surface area contributed by atoms with Crippen LogP contribution in [0.25, 0.3) is 0 Å². The Hall–Kier alpha value is -2.68. The van der Waals surface area contributed by atoms with Gasteiger partial charge in [0.15, 0.2) is 5.82 Å². The summed E-state index contributed by atoms with van der Waals surface area (Å²) in [5.41, 5.74) is 3.36. The maximum atomic E-state index is 13.2. The Morgan fingerprint density at radius 1 is 1.19 bits per heavy atom. The number of hydrogen-bond acceptors (Lipinski definition) is 7. The number of H-pyrrole nitrogens is 1. The van der Waals surface area contributed by atoms with Gasteiger partial charge in [0, 0.05) is 37.0 Å². The van der Waals surface area contributed by atoms with E-state index in [1.807, 2.05) is 11.0 Å². The van der Waals surface area contributed by atoms with Gasteiger partial charge in [-0.1, -0.05) is 13.8 Å². The average molecular weight is 426 g/mol. The number of amides is 1. The minimum Gasteiger partial charge on any atom is -0.378 e. The summed E-state index contributed by atoms with van der Waals surface area (Å²) in [6, 6.07) is 1.84. The van der Waals surface area contributed by atoms with Crippen LogP contribution in [0, 0.1) is 0 Å². The van der Waals surface area contributed by atoms with Gasteiger partial charge in [-0.15, -0.1) is 0 Å². The second kappa shape index (κ2) is 8.45. The lowest BCUT2D eigenvalue weighted by Gasteiger charge is -2.32. The van der Waals surface area contributed by atoms with Crippen molar-refractivity contribution in [3.05, 3.63) is 23.0 Å². The largest absolute Gasteiger partial charge is 0.378 e. The normalized spacial score (nSPS) is 21.1. The Kier molecular flexibility index (Phi) is 5.52. The maximum Gasteiger partial charge on any atom is 0.245 e. The first kappa shape index (κ1) is 20.2. The number of fused-ring (bicyclic) bond motifs is 1. The molecule has 0 radical (unpaired) electrons. The number of anilines is 3. The summed E-state index contributed by atoms with van der Waals surface area (Å²) in [6.07, 6.45) is 4.82. The van der Waals surface area contributed by atoms with E-state index >= 15 is 0 Å². The zero-order chi connectivity index (χ0) is 21.4. The zero-order valence-corrected chi connectivity index (χ0v) is 18.4. The molecule has 0 saturated carbocycles. The van der Waals surface area contributed by atoms with E-state index in [0.29, 0.717) is 38.2 Å². The van der Waals surface area contributed by atoms with Gasteiger partial charge in [0.2, 0.25) is 11.9 Å². The lowest BCUT2D eigenvalue weighted by atomic mass is 10.1. The second-order valence-electron chi connectivity index (χ2n) is 8.93. The van der Waals surface area contributed by atoms with Crippen LogP contribution < -0.4 is 10.2 Å². The third-order valence-corrected chi connectivity index (χ3v) is 6.50. The topological polar surface area (TPSA) is 99.3 Å². The first-order chi connectivity index (χ1) is 15.1. The molecule has 2 aromatic heterocycles. The molecule has 3 aliphatic rings. The molecule has 2 aromatic rings. The molecule has 166 valence electrons. The van der Waals surface area contributed by atoms with Crippen LogP contribution in [-0.4, -0.2) is 69.9 Å². The molecule has 0 unspecified atom stereocenters. The van der Waals surface area contributed by atoms with Crippen LogP contribution in [0.2, 0.25) is 0 Å². The summed E-state index contributed by atoms with van der Waals surface area (Å²) < 4.78 is 5.41. The Balaban J connectivity index is 1.42. The van der Waals surface area contributed by atoms with Crippen LogP contribution in [0.3, 0.4) is 0 Å². The van der Waals surface area contributed by atoms with Crippen molar-refractivity contribution in [3.63, 3.8) is 0 Å². The minimum absolute atomic E-state index is 0.174. The van der Waals surface area contributed by atoms with Gasteiger partial charge in [0.25, 0.3) is 0 Å². The number of hydrogen-bond donors (Lipinski definition) is 2. The number of rotatable bonds is 5. The number of nitrogens with zero attached hydrogens (tertiary/aromatic N) is 5. The molecule has 1 atom stereocenters. The molecule has 2 fully saturated rings. The van der Waals surface area contributed by atoms with Crippen LogP contribution in [0.15, 0.2) is 6.07 Å². The van der Waals surface area contributed by atoms with Crippen molar-refractivity contribution in [2.75, 3.05) is 43.1 Å². The highest BCUT2D eigenvalue weighted by Crippen LogP contribution is 2.33. The molecule has 0 spiro atoms. The Labute approximate surface area is 182 Å². The van der Waals surface area contributed by atoms with Crippen molar-refractivity contribution in [1.82, 2.24) is 25.1 Å². The lowest BCUT2D eigenvalue weighted by molar-refractivity contribution is -0.136. The van der Waals surface area contributed by atoms with Gasteiger partial charge < -0.3 is 19.9 Å². The molecule has 9 nitrogen and oxygen atoms in total. The van der Waals surface area contributed by atoms with E-state index in [4.69, 9.17) is 14.7 Å². The van der Waals surface area contributed by atoms with Crippen molar-refractivity contribution in [2.45, 2.75) is 57.9 Å². The number of carbonyl (C=O) groups excluding carboxylic acids is 1. The van der Waals surface area contributed by atoms with Crippen LogP contribution in [0.5, 0.6) is 0 Å². The fraction of sp³-hybridized carbons (Fsp3) is 0.636. The second-order valence-corrected chi connectivity index (χ2v) is 8.93. The molecule has 5 rings (SSSR count).